The van der Waals surface area contributed by atoms with E-state index >= 15 is 0 Å². The van der Waals surface area contributed by atoms with Crippen molar-refractivity contribution in [3.8, 4) is 11.1 Å². The molecule has 2 rings (SSSR count). The first-order valence-corrected chi connectivity index (χ1v) is 7.78. The van der Waals surface area contributed by atoms with Gasteiger partial charge in [-0.3, -0.25) is 4.79 Å². The molecule has 0 bridgehead atoms. The molecule has 0 radical (unpaired) electrons. The second kappa shape index (κ2) is 7.30. The lowest BCUT2D eigenvalue weighted by Gasteiger charge is -2.19. The largest absolute Gasteiger partial charge is 0.465 e. The van der Waals surface area contributed by atoms with Gasteiger partial charge >= 0.3 is 11.9 Å². The number of carbonyl (C=O) groups excluding carboxylic acids is 2. The summed E-state index contributed by atoms with van der Waals surface area (Å²) < 4.78 is 10.1. The van der Waals surface area contributed by atoms with Gasteiger partial charge in [-0.05, 0) is 49.6 Å². The van der Waals surface area contributed by atoms with E-state index in [-0.39, 0.29) is 18.4 Å². The number of hydrogen-bond donors (Lipinski definition) is 0. The van der Waals surface area contributed by atoms with Gasteiger partial charge in [0, 0.05) is 0 Å². The summed E-state index contributed by atoms with van der Waals surface area (Å²) in [6.45, 7) is 5.55. The molecule has 4 heteroatoms. The zero-order valence-electron chi connectivity index (χ0n) is 14.5. The summed E-state index contributed by atoms with van der Waals surface area (Å²) in [6.07, 6.45) is 0.236. The van der Waals surface area contributed by atoms with Crippen LogP contribution in [0.3, 0.4) is 0 Å². The normalized spacial score (nSPS) is 11.0. The number of methoxy groups -OCH3 is 1. The Labute approximate surface area is 142 Å². The van der Waals surface area contributed by atoms with Crippen molar-refractivity contribution in [1.82, 2.24) is 0 Å². The van der Waals surface area contributed by atoms with Crippen molar-refractivity contribution in [2.75, 3.05) is 7.11 Å². The van der Waals surface area contributed by atoms with E-state index in [1.54, 1.807) is 12.1 Å². The average molecular weight is 326 g/mol. The predicted molar refractivity (Wildman–Crippen MR) is 92.8 cm³/mol. The van der Waals surface area contributed by atoms with Crippen LogP contribution in [0.1, 0.15) is 36.7 Å². The number of ether oxygens (including phenoxy) is 2. The molecule has 4 nitrogen and oxygen atoms in total. The molecule has 126 valence electrons. The quantitative estimate of drug-likeness (QED) is 0.796. The molecule has 0 saturated carbocycles. The molecule has 0 N–H and O–H groups in total. The SMILES string of the molecule is COC(=O)c1cccc(-c2ccc(CC(=O)OC(C)(C)C)cc2)c1. The van der Waals surface area contributed by atoms with Crippen molar-refractivity contribution in [3.05, 3.63) is 59.7 Å². The maximum atomic E-state index is 11.9. The van der Waals surface area contributed by atoms with E-state index in [9.17, 15) is 9.59 Å². The minimum atomic E-state index is -0.481. The van der Waals surface area contributed by atoms with E-state index in [1.165, 1.54) is 7.11 Å². The maximum absolute atomic E-state index is 11.9. The van der Waals surface area contributed by atoms with Crippen molar-refractivity contribution in [1.29, 1.82) is 0 Å². The van der Waals surface area contributed by atoms with Gasteiger partial charge in [-0.1, -0.05) is 36.4 Å². The lowest BCUT2D eigenvalue weighted by molar-refractivity contribution is -0.153. The van der Waals surface area contributed by atoms with E-state index in [0.29, 0.717) is 5.56 Å². The third-order valence-electron chi connectivity index (χ3n) is 3.34. The van der Waals surface area contributed by atoms with Gasteiger partial charge in [0.15, 0.2) is 0 Å². The molecular formula is C20H22O4. The Morgan fingerprint density at radius 1 is 0.958 bits per heavy atom. The fourth-order valence-electron chi connectivity index (χ4n) is 2.30. The summed E-state index contributed by atoms with van der Waals surface area (Å²) in [7, 11) is 1.36. The number of benzene rings is 2. The van der Waals surface area contributed by atoms with Crippen molar-refractivity contribution < 1.29 is 19.1 Å². The molecule has 0 atom stereocenters. The summed E-state index contributed by atoms with van der Waals surface area (Å²) in [5.74, 6) is -0.610. The van der Waals surface area contributed by atoms with E-state index in [2.05, 4.69) is 0 Å². The Morgan fingerprint density at radius 2 is 1.62 bits per heavy atom. The molecule has 0 aliphatic heterocycles. The minimum absolute atomic E-state index is 0.236. The van der Waals surface area contributed by atoms with E-state index in [0.717, 1.165) is 16.7 Å². The first-order valence-electron chi connectivity index (χ1n) is 7.78. The van der Waals surface area contributed by atoms with Gasteiger partial charge in [0.05, 0.1) is 19.1 Å². The van der Waals surface area contributed by atoms with Crippen LogP contribution < -0.4 is 0 Å². The minimum Gasteiger partial charge on any atom is -0.465 e. The monoisotopic (exact) mass is 326 g/mol. The van der Waals surface area contributed by atoms with E-state index in [4.69, 9.17) is 9.47 Å². The number of rotatable bonds is 4. The molecule has 0 fully saturated rings. The highest BCUT2D eigenvalue weighted by Crippen LogP contribution is 2.22. The second-order valence-electron chi connectivity index (χ2n) is 6.53. The first-order chi connectivity index (χ1) is 11.3. The lowest BCUT2D eigenvalue weighted by atomic mass is 10.0. The molecule has 2 aromatic carbocycles. The summed E-state index contributed by atoms with van der Waals surface area (Å²) in [5, 5.41) is 0. The van der Waals surface area contributed by atoms with Crippen LogP contribution in [0.25, 0.3) is 11.1 Å². The van der Waals surface area contributed by atoms with Gasteiger partial charge in [0.1, 0.15) is 5.60 Å². The molecule has 0 aliphatic carbocycles. The van der Waals surface area contributed by atoms with Crippen LogP contribution in [0.15, 0.2) is 48.5 Å². The lowest BCUT2D eigenvalue weighted by Crippen LogP contribution is -2.24. The summed E-state index contributed by atoms with van der Waals surface area (Å²) in [5.41, 5.74) is 2.80. The Bertz CT molecular complexity index is 724. The van der Waals surface area contributed by atoms with Crippen molar-refractivity contribution in [2.45, 2.75) is 32.8 Å². The zero-order valence-corrected chi connectivity index (χ0v) is 14.5. The van der Waals surface area contributed by atoms with E-state index in [1.807, 2.05) is 57.2 Å². The fraction of sp³-hybridized carbons (Fsp3) is 0.300. The highest BCUT2D eigenvalue weighted by molar-refractivity contribution is 5.91. The van der Waals surface area contributed by atoms with Crippen LogP contribution in [0.2, 0.25) is 0 Å². The molecule has 0 aliphatic rings. The van der Waals surface area contributed by atoms with Gasteiger partial charge in [-0.25, -0.2) is 4.79 Å². The van der Waals surface area contributed by atoms with Crippen molar-refractivity contribution in [3.63, 3.8) is 0 Å². The van der Waals surface area contributed by atoms with E-state index < -0.39 is 5.60 Å². The third-order valence-corrected chi connectivity index (χ3v) is 3.34. The van der Waals surface area contributed by atoms with Gasteiger partial charge in [-0.15, -0.1) is 0 Å². The number of esters is 2. The van der Waals surface area contributed by atoms with Crippen LogP contribution >= 0.6 is 0 Å². The second-order valence-corrected chi connectivity index (χ2v) is 6.53. The Morgan fingerprint density at radius 3 is 2.21 bits per heavy atom. The van der Waals surface area contributed by atoms with Crippen LogP contribution in [-0.4, -0.2) is 24.6 Å². The third kappa shape index (κ3) is 4.95. The predicted octanol–water partition coefficient (Wildman–Crippen LogP) is 4.02. The van der Waals surface area contributed by atoms with Gasteiger partial charge in [0.2, 0.25) is 0 Å². The molecule has 0 spiro atoms. The molecule has 0 heterocycles. The number of hydrogen-bond acceptors (Lipinski definition) is 4. The Balaban J connectivity index is 2.12. The standard InChI is InChI=1S/C20H22O4/c1-20(2,3)24-18(21)12-14-8-10-15(11-9-14)16-6-5-7-17(13-16)19(22)23-4/h5-11,13H,12H2,1-4H3. The molecule has 0 unspecified atom stereocenters. The molecular weight excluding hydrogens is 304 g/mol. The Hall–Kier alpha value is -2.62. The maximum Gasteiger partial charge on any atom is 0.337 e. The zero-order chi connectivity index (χ0) is 17.7. The Kier molecular flexibility index (Phi) is 5.39. The highest BCUT2D eigenvalue weighted by Gasteiger charge is 2.16. The molecule has 0 amide bonds. The van der Waals surface area contributed by atoms with Crippen LogP contribution in [0, 0.1) is 0 Å². The van der Waals surface area contributed by atoms with Crippen LogP contribution in [0.5, 0.6) is 0 Å². The molecule has 24 heavy (non-hydrogen) atoms. The van der Waals surface area contributed by atoms with Crippen molar-refractivity contribution >= 4 is 11.9 Å². The summed E-state index contributed by atoms with van der Waals surface area (Å²) in [6, 6.07) is 14.9. The average Bonchev–Trinajstić information content (AvgIpc) is 2.53. The van der Waals surface area contributed by atoms with Crippen molar-refractivity contribution in [2.24, 2.45) is 0 Å². The van der Waals surface area contributed by atoms with Gasteiger partial charge in [0.25, 0.3) is 0 Å². The highest BCUT2D eigenvalue weighted by atomic mass is 16.6. The first kappa shape index (κ1) is 17.7. The molecule has 0 saturated heterocycles. The van der Waals surface area contributed by atoms with Crippen LogP contribution in [-0.2, 0) is 20.7 Å². The topological polar surface area (TPSA) is 52.6 Å². The van der Waals surface area contributed by atoms with Gasteiger partial charge < -0.3 is 9.47 Å². The fourth-order valence-corrected chi connectivity index (χ4v) is 2.30. The summed E-state index contributed by atoms with van der Waals surface area (Å²) >= 11 is 0. The van der Waals surface area contributed by atoms with Crippen LogP contribution in [0.4, 0.5) is 0 Å². The van der Waals surface area contributed by atoms with Gasteiger partial charge in [-0.2, -0.15) is 0 Å². The number of carbonyl (C=O) groups is 2. The smallest absolute Gasteiger partial charge is 0.337 e. The molecule has 0 aromatic heterocycles. The molecule has 2 aromatic rings. The summed E-state index contributed by atoms with van der Waals surface area (Å²) in [4.78, 5) is 23.5.